The first-order valence-electron chi connectivity index (χ1n) is 10.0. The quantitative estimate of drug-likeness (QED) is 0.682. The summed E-state index contributed by atoms with van der Waals surface area (Å²) in [5, 5.41) is 12.7. The molecule has 3 aromatic rings. The van der Waals surface area contributed by atoms with E-state index in [2.05, 4.69) is 21.5 Å². The molecule has 2 bridgehead atoms. The lowest BCUT2D eigenvalue weighted by Crippen LogP contribution is -2.46. The lowest BCUT2D eigenvalue weighted by Gasteiger charge is -2.38. The predicted octanol–water partition coefficient (Wildman–Crippen LogP) is 2.56. The molecule has 2 atom stereocenters. The molecule has 2 fully saturated rings. The van der Waals surface area contributed by atoms with E-state index in [0.717, 1.165) is 37.1 Å². The maximum absolute atomic E-state index is 13.3. The minimum absolute atomic E-state index is 0.0184. The Morgan fingerprint density at radius 2 is 1.97 bits per heavy atom. The molecule has 29 heavy (non-hydrogen) atoms. The molecule has 2 aliphatic rings. The molecule has 2 unspecified atom stereocenters. The van der Waals surface area contributed by atoms with E-state index in [1.54, 1.807) is 18.0 Å². The van der Waals surface area contributed by atoms with Gasteiger partial charge in [-0.3, -0.25) is 9.48 Å². The van der Waals surface area contributed by atoms with Crippen LogP contribution in [-0.2, 0) is 7.05 Å². The van der Waals surface area contributed by atoms with Gasteiger partial charge in [-0.1, -0.05) is 11.3 Å². The summed E-state index contributed by atoms with van der Waals surface area (Å²) in [6.07, 6.45) is 7.62. The number of rotatable bonds is 4. The van der Waals surface area contributed by atoms with Crippen LogP contribution >= 0.6 is 0 Å². The van der Waals surface area contributed by atoms with Crippen molar-refractivity contribution >= 4 is 5.91 Å². The average Bonchev–Trinajstić information content (AvgIpc) is 3.46. The van der Waals surface area contributed by atoms with Crippen LogP contribution in [0.3, 0.4) is 0 Å². The molecule has 1 aromatic carbocycles. The summed E-state index contributed by atoms with van der Waals surface area (Å²) >= 11 is 0. The molecule has 0 aliphatic carbocycles. The van der Waals surface area contributed by atoms with Crippen molar-refractivity contribution in [2.75, 3.05) is 7.11 Å². The van der Waals surface area contributed by atoms with Crippen LogP contribution in [0.4, 0.5) is 0 Å². The Labute approximate surface area is 169 Å². The number of hydrogen-bond acceptors (Lipinski definition) is 5. The van der Waals surface area contributed by atoms with Crippen LogP contribution in [0, 0.1) is 0 Å². The van der Waals surface area contributed by atoms with Crippen LogP contribution in [0.5, 0.6) is 5.75 Å². The van der Waals surface area contributed by atoms with Gasteiger partial charge in [0.1, 0.15) is 5.75 Å². The predicted molar refractivity (Wildman–Crippen MR) is 106 cm³/mol. The second-order valence-corrected chi connectivity index (χ2v) is 7.90. The third-order valence-corrected chi connectivity index (χ3v) is 6.28. The number of benzene rings is 1. The molecule has 1 amide bonds. The molecule has 2 aliphatic heterocycles. The Balaban J connectivity index is 1.35. The van der Waals surface area contributed by atoms with Crippen LogP contribution in [0.1, 0.15) is 47.8 Å². The number of carbonyl (C=O) groups excluding carboxylic acids is 1. The van der Waals surface area contributed by atoms with Crippen LogP contribution in [0.15, 0.2) is 42.7 Å². The lowest BCUT2D eigenvalue weighted by atomic mass is 9.88. The molecule has 0 spiro atoms. The number of aryl methyl sites for hydroxylation is 1. The molecule has 4 heterocycles. The van der Waals surface area contributed by atoms with E-state index in [1.807, 2.05) is 47.1 Å². The number of carbonyl (C=O) groups is 1. The molecule has 2 aromatic heterocycles. The van der Waals surface area contributed by atoms with Gasteiger partial charge in [-0.15, -0.1) is 5.10 Å². The first kappa shape index (κ1) is 17.9. The lowest BCUT2D eigenvalue weighted by molar-refractivity contribution is 0.0562. The van der Waals surface area contributed by atoms with Gasteiger partial charge in [0.25, 0.3) is 5.91 Å². The van der Waals surface area contributed by atoms with E-state index in [1.165, 1.54) is 5.69 Å². The highest BCUT2D eigenvalue weighted by atomic mass is 16.5. The van der Waals surface area contributed by atoms with Crippen LogP contribution in [0.25, 0.3) is 5.69 Å². The SMILES string of the molecule is COc1cccc(-n2cc(C(=O)N3C4CCC3CC(c3ccnn3C)C4)nn2)c1. The van der Waals surface area contributed by atoms with Crippen molar-refractivity contribution in [1.82, 2.24) is 29.7 Å². The highest BCUT2D eigenvalue weighted by Gasteiger charge is 2.44. The van der Waals surface area contributed by atoms with E-state index >= 15 is 0 Å². The van der Waals surface area contributed by atoms with Crippen molar-refractivity contribution in [1.29, 1.82) is 0 Å². The zero-order valence-electron chi connectivity index (χ0n) is 16.6. The van der Waals surface area contributed by atoms with Gasteiger partial charge in [-0.25, -0.2) is 4.68 Å². The Hall–Kier alpha value is -3.16. The number of amides is 1. The fourth-order valence-corrected chi connectivity index (χ4v) is 4.91. The van der Waals surface area contributed by atoms with E-state index < -0.39 is 0 Å². The standard InChI is InChI=1S/C21H24N6O2/c1-25-20(8-9-22-25)14-10-16-6-7-17(11-14)27(16)21(28)19-13-26(24-23-19)15-4-3-5-18(12-15)29-2/h3-5,8-9,12-14,16-17H,6-7,10-11H2,1-2H3. The van der Waals surface area contributed by atoms with Crippen LogP contribution in [-0.4, -0.2) is 54.8 Å². The number of fused-ring (bicyclic) bond motifs is 2. The van der Waals surface area contributed by atoms with Gasteiger partial charge >= 0.3 is 0 Å². The van der Waals surface area contributed by atoms with Crippen molar-refractivity contribution in [2.24, 2.45) is 7.05 Å². The van der Waals surface area contributed by atoms with Crippen molar-refractivity contribution in [3.63, 3.8) is 0 Å². The summed E-state index contributed by atoms with van der Waals surface area (Å²) in [5.74, 6) is 1.17. The van der Waals surface area contributed by atoms with Crippen LogP contribution in [0.2, 0.25) is 0 Å². The number of hydrogen-bond donors (Lipinski definition) is 0. The highest BCUT2D eigenvalue weighted by molar-refractivity contribution is 5.92. The van der Waals surface area contributed by atoms with Crippen molar-refractivity contribution < 1.29 is 9.53 Å². The normalized spacial score (nSPS) is 23.4. The molecule has 5 rings (SSSR count). The van der Waals surface area contributed by atoms with Gasteiger partial charge in [0.15, 0.2) is 5.69 Å². The molecule has 0 saturated carbocycles. The third kappa shape index (κ3) is 3.08. The monoisotopic (exact) mass is 392 g/mol. The topological polar surface area (TPSA) is 78.1 Å². The van der Waals surface area contributed by atoms with E-state index in [9.17, 15) is 4.79 Å². The smallest absolute Gasteiger partial charge is 0.276 e. The second-order valence-electron chi connectivity index (χ2n) is 7.90. The molecule has 0 N–H and O–H groups in total. The summed E-state index contributed by atoms with van der Waals surface area (Å²) < 4.78 is 8.85. The van der Waals surface area contributed by atoms with Gasteiger partial charge in [0.2, 0.25) is 0 Å². The summed E-state index contributed by atoms with van der Waals surface area (Å²) in [6.45, 7) is 0. The van der Waals surface area contributed by atoms with E-state index in [-0.39, 0.29) is 18.0 Å². The molecule has 0 radical (unpaired) electrons. The minimum atomic E-state index is -0.0184. The Kier molecular flexibility index (Phi) is 4.34. The summed E-state index contributed by atoms with van der Waals surface area (Å²) in [4.78, 5) is 15.3. The number of aromatic nitrogens is 5. The maximum Gasteiger partial charge on any atom is 0.276 e. The molecule has 8 heteroatoms. The molecular formula is C21H24N6O2. The molecular weight excluding hydrogens is 368 g/mol. The first-order chi connectivity index (χ1) is 14.1. The molecule has 8 nitrogen and oxygen atoms in total. The van der Waals surface area contributed by atoms with Gasteiger partial charge in [0, 0.05) is 43.0 Å². The van der Waals surface area contributed by atoms with Gasteiger partial charge in [-0.2, -0.15) is 5.10 Å². The summed E-state index contributed by atoms with van der Waals surface area (Å²) in [6, 6.07) is 10.1. The minimum Gasteiger partial charge on any atom is -0.497 e. The number of nitrogens with zero attached hydrogens (tertiary/aromatic N) is 6. The second kappa shape index (κ2) is 7.02. The number of methoxy groups -OCH3 is 1. The van der Waals surface area contributed by atoms with Gasteiger partial charge < -0.3 is 9.64 Å². The first-order valence-corrected chi connectivity index (χ1v) is 10.0. The third-order valence-electron chi connectivity index (χ3n) is 6.28. The van der Waals surface area contributed by atoms with E-state index in [4.69, 9.17) is 4.74 Å². The van der Waals surface area contributed by atoms with Crippen molar-refractivity contribution in [3.05, 3.63) is 54.1 Å². The Morgan fingerprint density at radius 1 is 1.17 bits per heavy atom. The zero-order chi connectivity index (χ0) is 20.0. The van der Waals surface area contributed by atoms with Crippen molar-refractivity contribution in [3.8, 4) is 11.4 Å². The Bertz CT molecular complexity index is 1030. The Morgan fingerprint density at radius 3 is 2.66 bits per heavy atom. The summed E-state index contributed by atoms with van der Waals surface area (Å²) in [5.41, 5.74) is 2.47. The van der Waals surface area contributed by atoms with Crippen LogP contribution < -0.4 is 4.74 Å². The fraction of sp³-hybridized carbons (Fsp3) is 0.429. The van der Waals surface area contributed by atoms with Gasteiger partial charge in [-0.05, 0) is 43.9 Å². The largest absolute Gasteiger partial charge is 0.497 e. The van der Waals surface area contributed by atoms with Gasteiger partial charge in [0.05, 0.1) is 19.0 Å². The number of piperidine rings is 1. The van der Waals surface area contributed by atoms with E-state index in [0.29, 0.717) is 11.6 Å². The number of ether oxygens (including phenoxy) is 1. The molecule has 2 saturated heterocycles. The zero-order valence-corrected chi connectivity index (χ0v) is 16.6. The maximum atomic E-state index is 13.3. The summed E-state index contributed by atoms with van der Waals surface area (Å²) in [7, 11) is 3.62. The van der Waals surface area contributed by atoms with Crippen molar-refractivity contribution in [2.45, 2.75) is 43.7 Å². The molecule has 150 valence electrons. The fourth-order valence-electron chi connectivity index (χ4n) is 4.91. The highest BCUT2D eigenvalue weighted by Crippen LogP contribution is 2.43. The average molecular weight is 392 g/mol.